The lowest BCUT2D eigenvalue weighted by Gasteiger charge is -2.39. The Morgan fingerprint density at radius 1 is 0.797 bits per heavy atom. The second-order valence-electron chi connectivity index (χ2n) is 15.1. The number of nitrogens with one attached hydrogen (secondary N) is 3. The van der Waals surface area contributed by atoms with Gasteiger partial charge >= 0.3 is 12.2 Å². The fourth-order valence-electron chi connectivity index (χ4n) is 5.47. The summed E-state index contributed by atoms with van der Waals surface area (Å²) in [5, 5.41) is 7.87. The zero-order valence-electron chi connectivity index (χ0n) is 32.4. The van der Waals surface area contributed by atoms with Gasteiger partial charge in [0.05, 0.1) is 16.4 Å². The van der Waals surface area contributed by atoms with Crippen molar-refractivity contribution in [2.45, 2.75) is 84.7 Å². The highest BCUT2D eigenvalue weighted by atomic mass is 35.5. The van der Waals surface area contributed by atoms with E-state index in [1.807, 2.05) is 0 Å². The highest BCUT2D eigenvalue weighted by molar-refractivity contribution is 7.89. The lowest BCUT2D eigenvalue weighted by atomic mass is 10.1. The van der Waals surface area contributed by atoms with Crippen LogP contribution in [0.2, 0.25) is 10.0 Å². The molecule has 0 saturated carbocycles. The lowest BCUT2D eigenvalue weighted by molar-refractivity contribution is -0.123. The maximum atomic E-state index is 13.8. The average molecular weight is 892 g/mol. The normalized spacial score (nSPS) is 17.3. The standard InChI is InChI=1S/C20H25ClFN5O5S.C16H21ClFN3O3.2CH4/c1-20(2,3)32-19(29)27-8-7-26(33(30,31)17-11-25(4)12-23-17)10-16(27)18(28)24-13-5-6-14(21)15(22)9-13;1-16(2,3)24-15(23)21-7-6-19-9-13(21)14(22)20-10-4-5-11(17)12(18)8-10;;/h5-6,9,11-12,16H,7-8,10H2,1-4H3,(H,24,28);4-5,8,13,19H,6-7,9H2,1-3H3,(H,20,22);2*1H4. The third kappa shape index (κ3) is 14.0. The molecule has 2 aliphatic heterocycles. The zero-order chi connectivity index (χ0) is 42.5. The quantitative estimate of drug-likeness (QED) is 0.252. The predicted molar refractivity (Wildman–Crippen MR) is 222 cm³/mol. The van der Waals surface area contributed by atoms with Crippen molar-refractivity contribution in [3.8, 4) is 0 Å². The molecular weight excluding hydrogens is 837 g/mol. The number of benzene rings is 2. The molecule has 2 unspecified atom stereocenters. The molecule has 1 aromatic heterocycles. The van der Waals surface area contributed by atoms with Gasteiger partial charge in [-0.3, -0.25) is 19.4 Å². The topological polar surface area (TPSA) is 185 Å². The number of rotatable bonds is 6. The van der Waals surface area contributed by atoms with Crippen LogP contribution < -0.4 is 16.0 Å². The highest BCUT2D eigenvalue weighted by Crippen LogP contribution is 2.24. The Kier molecular flexibility index (Phi) is 17.7. The summed E-state index contributed by atoms with van der Waals surface area (Å²) in [5.41, 5.74) is -1.09. The summed E-state index contributed by atoms with van der Waals surface area (Å²) in [6.07, 6.45) is 1.39. The van der Waals surface area contributed by atoms with Crippen molar-refractivity contribution in [1.29, 1.82) is 0 Å². The van der Waals surface area contributed by atoms with E-state index in [9.17, 15) is 36.4 Å². The number of anilines is 2. The van der Waals surface area contributed by atoms with Crippen LogP contribution in [-0.2, 0) is 36.1 Å². The van der Waals surface area contributed by atoms with Gasteiger partial charge in [-0.05, 0) is 77.9 Å². The van der Waals surface area contributed by atoms with Crippen molar-refractivity contribution >= 4 is 68.6 Å². The predicted octanol–water partition coefficient (Wildman–Crippen LogP) is 6.36. The van der Waals surface area contributed by atoms with E-state index in [0.717, 1.165) is 21.3 Å². The number of piperazine rings is 2. The summed E-state index contributed by atoms with van der Waals surface area (Å²) >= 11 is 11.3. The summed E-state index contributed by atoms with van der Waals surface area (Å²) in [6, 6.07) is 5.72. The second kappa shape index (κ2) is 20.6. The smallest absolute Gasteiger partial charge is 0.411 e. The van der Waals surface area contributed by atoms with E-state index in [4.69, 9.17) is 32.7 Å². The molecule has 0 bridgehead atoms. The van der Waals surface area contributed by atoms with Crippen molar-refractivity contribution in [2.75, 3.05) is 49.9 Å². The zero-order valence-corrected chi connectivity index (χ0v) is 34.8. The molecular formula is C38H54Cl2F2N8O8S. The Morgan fingerprint density at radius 3 is 1.71 bits per heavy atom. The summed E-state index contributed by atoms with van der Waals surface area (Å²) < 4.78 is 66.7. The van der Waals surface area contributed by atoms with Crippen molar-refractivity contribution in [2.24, 2.45) is 7.05 Å². The van der Waals surface area contributed by atoms with Crippen molar-refractivity contribution < 1.29 is 45.9 Å². The number of hydrogen-bond donors (Lipinski definition) is 3. The number of nitrogens with zero attached hydrogens (tertiary/aromatic N) is 5. The number of imidazole rings is 1. The van der Waals surface area contributed by atoms with Gasteiger partial charge in [0.15, 0.2) is 5.03 Å². The van der Waals surface area contributed by atoms with Gasteiger partial charge < -0.3 is 30.0 Å². The first kappa shape index (κ1) is 50.6. The molecule has 0 radical (unpaired) electrons. The first-order valence-electron chi connectivity index (χ1n) is 17.6. The Bertz CT molecular complexity index is 2080. The van der Waals surface area contributed by atoms with Crippen LogP contribution in [0.25, 0.3) is 0 Å². The highest BCUT2D eigenvalue weighted by Gasteiger charge is 2.42. The van der Waals surface area contributed by atoms with Crippen LogP contribution in [0, 0.1) is 11.6 Å². The Morgan fingerprint density at radius 2 is 1.27 bits per heavy atom. The van der Waals surface area contributed by atoms with Gasteiger partial charge in [0.1, 0.15) is 34.9 Å². The fraction of sp³-hybridized carbons (Fsp3) is 0.500. The number of amides is 4. The van der Waals surface area contributed by atoms with Crippen molar-refractivity contribution in [3.05, 3.63) is 70.6 Å². The van der Waals surface area contributed by atoms with Crippen LogP contribution >= 0.6 is 23.2 Å². The number of carbonyl (C=O) groups excluding carboxylic acids is 4. The number of halogens is 4. The number of aryl methyl sites for hydroxylation is 1. The molecule has 2 aliphatic rings. The van der Waals surface area contributed by atoms with Crippen LogP contribution in [0.4, 0.5) is 29.7 Å². The number of carbonyl (C=O) groups is 4. The minimum absolute atomic E-state index is 0. The average Bonchev–Trinajstić information content (AvgIpc) is 3.57. The number of hydrogen-bond acceptors (Lipinski definition) is 10. The summed E-state index contributed by atoms with van der Waals surface area (Å²) in [4.78, 5) is 57.1. The third-order valence-electron chi connectivity index (χ3n) is 8.11. The van der Waals surface area contributed by atoms with Gasteiger partial charge in [0.2, 0.25) is 11.8 Å². The molecule has 16 nitrogen and oxygen atoms in total. The van der Waals surface area contributed by atoms with Crippen molar-refractivity contribution in [1.82, 2.24) is 29.0 Å². The molecule has 2 atom stereocenters. The summed E-state index contributed by atoms with van der Waals surface area (Å²) in [7, 11) is -2.38. The molecule has 59 heavy (non-hydrogen) atoms. The Labute approximate surface area is 354 Å². The SMILES string of the molecule is C.C.CC(C)(C)OC(=O)N1CCNCC1C(=O)Nc1ccc(Cl)c(F)c1.Cn1cnc(S(=O)(=O)N2CCN(C(=O)OC(C)(C)C)C(C(=O)Nc3ccc(Cl)c(F)c3)C2)c1. The number of ether oxygens (including phenoxy) is 2. The van der Waals surface area contributed by atoms with Gasteiger partial charge in [0.25, 0.3) is 10.0 Å². The van der Waals surface area contributed by atoms with E-state index < -0.39 is 68.9 Å². The van der Waals surface area contributed by atoms with Gasteiger partial charge in [-0.15, -0.1) is 0 Å². The summed E-state index contributed by atoms with van der Waals surface area (Å²) in [5.74, 6) is -2.49. The van der Waals surface area contributed by atoms with Gasteiger partial charge in [0, 0.05) is 63.9 Å². The molecule has 0 spiro atoms. The number of aromatic nitrogens is 2. The molecule has 5 rings (SSSR count). The molecule has 2 aromatic carbocycles. The molecule has 2 saturated heterocycles. The third-order valence-corrected chi connectivity index (χ3v) is 10.5. The van der Waals surface area contributed by atoms with Crippen LogP contribution in [0.15, 0.2) is 53.9 Å². The van der Waals surface area contributed by atoms with Gasteiger partial charge in [-0.2, -0.15) is 4.31 Å². The molecule has 21 heteroatoms. The van der Waals surface area contributed by atoms with Crippen LogP contribution in [0.3, 0.4) is 0 Å². The lowest BCUT2D eigenvalue weighted by Crippen LogP contribution is -2.61. The van der Waals surface area contributed by atoms with E-state index in [2.05, 4.69) is 20.9 Å². The maximum Gasteiger partial charge on any atom is 0.411 e. The molecule has 3 N–H and O–H groups in total. The summed E-state index contributed by atoms with van der Waals surface area (Å²) in [6.45, 7) is 11.1. The van der Waals surface area contributed by atoms with Crippen LogP contribution in [-0.4, -0.2) is 119 Å². The molecule has 3 aromatic rings. The Balaban J connectivity index is 0.000000412. The van der Waals surface area contributed by atoms with E-state index in [-0.39, 0.29) is 60.9 Å². The first-order chi connectivity index (χ1) is 26.4. The minimum atomic E-state index is -4.01. The second-order valence-corrected chi connectivity index (χ2v) is 17.8. The van der Waals surface area contributed by atoms with Crippen molar-refractivity contribution in [3.63, 3.8) is 0 Å². The van der Waals surface area contributed by atoms with Crippen LogP contribution in [0.5, 0.6) is 0 Å². The molecule has 3 heterocycles. The Hall–Kier alpha value is -4.56. The monoisotopic (exact) mass is 890 g/mol. The van der Waals surface area contributed by atoms with E-state index in [0.29, 0.717) is 19.6 Å². The largest absolute Gasteiger partial charge is 0.444 e. The van der Waals surface area contributed by atoms with Crippen LogP contribution in [0.1, 0.15) is 56.4 Å². The fourth-order valence-corrected chi connectivity index (χ4v) is 7.11. The number of sulfonamides is 1. The molecule has 2 fully saturated rings. The molecule has 328 valence electrons. The van der Waals surface area contributed by atoms with E-state index in [1.54, 1.807) is 48.6 Å². The van der Waals surface area contributed by atoms with Gasteiger partial charge in [-0.1, -0.05) is 38.1 Å². The van der Waals surface area contributed by atoms with E-state index in [1.165, 1.54) is 46.3 Å². The first-order valence-corrected chi connectivity index (χ1v) is 19.8. The maximum absolute atomic E-state index is 13.8. The van der Waals surface area contributed by atoms with E-state index >= 15 is 0 Å². The molecule has 0 aliphatic carbocycles. The minimum Gasteiger partial charge on any atom is -0.444 e. The van der Waals surface area contributed by atoms with Gasteiger partial charge in [-0.25, -0.2) is 31.8 Å². The molecule has 4 amide bonds.